The molecule has 1 aliphatic carbocycles. The van der Waals surface area contributed by atoms with Crippen LogP contribution in [0, 0.1) is 0 Å². The Kier molecular flexibility index (Phi) is 8.51. The number of hydrogen-bond donors (Lipinski definition) is 2. The highest BCUT2D eigenvalue weighted by Gasteiger charge is 2.03. The molecule has 0 bridgehead atoms. The number of nitrogens with one attached hydrogen (secondary N) is 2. The van der Waals surface area contributed by atoms with E-state index >= 15 is 0 Å². The van der Waals surface area contributed by atoms with E-state index in [-0.39, 0.29) is 5.91 Å². The number of ether oxygens (including phenoxy) is 1. The maximum Gasteiger partial charge on any atom is 0.221 e. The highest BCUT2D eigenvalue weighted by molar-refractivity contribution is 5.75. The van der Waals surface area contributed by atoms with Crippen LogP contribution in [0.25, 0.3) is 0 Å². The molecule has 104 valence electrons. The van der Waals surface area contributed by atoms with Crippen LogP contribution < -0.4 is 10.6 Å². The van der Waals surface area contributed by atoms with Gasteiger partial charge in [-0.05, 0) is 38.6 Å². The summed E-state index contributed by atoms with van der Waals surface area (Å²) >= 11 is 0. The van der Waals surface area contributed by atoms with E-state index in [1.165, 1.54) is 25.7 Å². The van der Waals surface area contributed by atoms with Crippen molar-refractivity contribution in [2.45, 2.75) is 38.5 Å². The van der Waals surface area contributed by atoms with Gasteiger partial charge < -0.3 is 15.4 Å². The van der Waals surface area contributed by atoms with Gasteiger partial charge in [0, 0.05) is 26.6 Å². The molecule has 0 aromatic rings. The van der Waals surface area contributed by atoms with Crippen molar-refractivity contribution in [2.24, 2.45) is 0 Å². The Balaban J connectivity index is 1.91. The minimum Gasteiger partial charge on any atom is -0.383 e. The average molecular weight is 254 g/mol. The molecule has 0 spiro atoms. The molecule has 0 atom stereocenters. The predicted octanol–water partition coefficient (Wildman–Crippen LogP) is 1.62. The fourth-order valence-electron chi connectivity index (χ4n) is 2.09. The Morgan fingerprint density at radius 1 is 1.33 bits per heavy atom. The van der Waals surface area contributed by atoms with Gasteiger partial charge in [-0.2, -0.15) is 0 Å². The first-order valence-electron chi connectivity index (χ1n) is 6.97. The lowest BCUT2D eigenvalue weighted by molar-refractivity contribution is -0.121. The zero-order valence-electron chi connectivity index (χ0n) is 11.5. The van der Waals surface area contributed by atoms with Gasteiger partial charge in [0.15, 0.2) is 0 Å². The van der Waals surface area contributed by atoms with Crippen molar-refractivity contribution in [2.75, 3.05) is 33.4 Å². The Hall–Kier alpha value is -0.870. The minimum absolute atomic E-state index is 0.0939. The van der Waals surface area contributed by atoms with E-state index in [0.717, 1.165) is 19.5 Å². The molecular weight excluding hydrogens is 228 g/mol. The van der Waals surface area contributed by atoms with Crippen molar-refractivity contribution < 1.29 is 9.53 Å². The van der Waals surface area contributed by atoms with Crippen LogP contribution in [-0.2, 0) is 9.53 Å². The molecule has 1 rings (SSSR count). The van der Waals surface area contributed by atoms with Crippen molar-refractivity contribution >= 4 is 5.91 Å². The second-order valence-corrected chi connectivity index (χ2v) is 4.70. The number of carbonyl (C=O) groups excluding carboxylic acids is 1. The van der Waals surface area contributed by atoms with Crippen LogP contribution in [0.5, 0.6) is 0 Å². The first kappa shape index (κ1) is 15.2. The molecule has 2 N–H and O–H groups in total. The highest BCUT2D eigenvalue weighted by atomic mass is 16.5. The molecule has 4 nitrogen and oxygen atoms in total. The van der Waals surface area contributed by atoms with Crippen LogP contribution in [0.4, 0.5) is 0 Å². The van der Waals surface area contributed by atoms with Crippen LogP contribution in [-0.4, -0.2) is 39.3 Å². The Labute approximate surface area is 110 Å². The first-order valence-corrected chi connectivity index (χ1v) is 6.97. The van der Waals surface area contributed by atoms with Gasteiger partial charge in [0.2, 0.25) is 5.91 Å². The van der Waals surface area contributed by atoms with Crippen LogP contribution in [0.1, 0.15) is 38.5 Å². The molecule has 0 unspecified atom stereocenters. The summed E-state index contributed by atoms with van der Waals surface area (Å²) in [6.45, 7) is 2.92. The van der Waals surface area contributed by atoms with E-state index < -0.39 is 0 Å². The van der Waals surface area contributed by atoms with Crippen molar-refractivity contribution in [3.8, 4) is 0 Å². The molecule has 18 heavy (non-hydrogen) atoms. The van der Waals surface area contributed by atoms with Gasteiger partial charge in [-0.15, -0.1) is 0 Å². The maximum atomic E-state index is 11.4. The van der Waals surface area contributed by atoms with E-state index in [4.69, 9.17) is 4.74 Å². The number of rotatable bonds is 9. The largest absolute Gasteiger partial charge is 0.383 e. The van der Waals surface area contributed by atoms with E-state index in [1.807, 2.05) is 0 Å². The molecule has 0 aromatic heterocycles. The molecule has 0 saturated heterocycles. The van der Waals surface area contributed by atoms with Crippen LogP contribution >= 0.6 is 0 Å². The van der Waals surface area contributed by atoms with Gasteiger partial charge in [-0.3, -0.25) is 4.79 Å². The average Bonchev–Trinajstić information content (AvgIpc) is 2.40. The molecule has 0 heterocycles. The highest BCUT2D eigenvalue weighted by Crippen LogP contribution is 2.19. The lowest BCUT2D eigenvalue weighted by Crippen LogP contribution is -2.30. The molecular formula is C14H26N2O2. The van der Waals surface area contributed by atoms with E-state index in [9.17, 15) is 4.79 Å². The van der Waals surface area contributed by atoms with Gasteiger partial charge in [0.05, 0.1) is 6.61 Å². The third-order valence-corrected chi connectivity index (χ3v) is 3.17. The second-order valence-electron chi connectivity index (χ2n) is 4.70. The van der Waals surface area contributed by atoms with Crippen molar-refractivity contribution in [1.29, 1.82) is 0 Å². The molecule has 0 aliphatic heterocycles. The Morgan fingerprint density at radius 3 is 2.94 bits per heavy atom. The number of amides is 1. The van der Waals surface area contributed by atoms with Crippen molar-refractivity contribution in [3.05, 3.63) is 11.6 Å². The minimum atomic E-state index is 0.0939. The quantitative estimate of drug-likeness (QED) is 0.485. The van der Waals surface area contributed by atoms with Gasteiger partial charge in [-0.25, -0.2) is 0 Å². The Bertz CT molecular complexity index is 265. The van der Waals surface area contributed by atoms with Gasteiger partial charge in [-0.1, -0.05) is 11.6 Å². The smallest absolute Gasteiger partial charge is 0.221 e. The zero-order chi connectivity index (χ0) is 13.1. The summed E-state index contributed by atoms with van der Waals surface area (Å²) in [5.41, 5.74) is 1.58. The maximum absolute atomic E-state index is 11.4. The molecule has 1 amide bonds. The second kappa shape index (κ2) is 10.1. The molecule has 4 heteroatoms. The number of methoxy groups -OCH3 is 1. The summed E-state index contributed by atoms with van der Waals surface area (Å²) in [6, 6.07) is 0. The van der Waals surface area contributed by atoms with Gasteiger partial charge in [0.25, 0.3) is 0 Å². The summed E-state index contributed by atoms with van der Waals surface area (Å²) in [4.78, 5) is 11.4. The van der Waals surface area contributed by atoms with E-state index in [1.54, 1.807) is 12.7 Å². The fraction of sp³-hybridized carbons (Fsp3) is 0.786. The lowest BCUT2D eigenvalue weighted by atomic mass is 9.97. The normalized spacial score (nSPS) is 15.3. The predicted molar refractivity (Wildman–Crippen MR) is 73.5 cm³/mol. The topological polar surface area (TPSA) is 50.4 Å². The van der Waals surface area contributed by atoms with Crippen molar-refractivity contribution in [1.82, 2.24) is 10.6 Å². The molecule has 0 radical (unpaired) electrons. The monoisotopic (exact) mass is 254 g/mol. The van der Waals surface area contributed by atoms with E-state index in [0.29, 0.717) is 19.6 Å². The number of carbonyl (C=O) groups is 1. The third kappa shape index (κ3) is 7.45. The van der Waals surface area contributed by atoms with Crippen LogP contribution in [0.2, 0.25) is 0 Å². The number of allylic oxidation sites excluding steroid dienone is 1. The van der Waals surface area contributed by atoms with Crippen LogP contribution in [0.15, 0.2) is 11.6 Å². The third-order valence-electron chi connectivity index (χ3n) is 3.17. The molecule has 1 aliphatic rings. The zero-order valence-corrected chi connectivity index (χ0v) is 11.5. The fourth-order valence-corrected chi connectivity index (χ4v) is 2.09. The van der Waals surface area contributed by atoms with Gasteiger partial charge in [0.1, 0.15) is 0 Å². The first-order chi connectivity index (χ1) is 8.83. The van der Waals surface area contributed by atoms with E-state index in [2.05, 4.69) is 16.7 Å². The summed E-state index contributed by atoms with van der Waals surface area (Å²) in [7, 11) is 1.63. The Morgan fingerprint density at radius 2 is 2.22 bits per heavy atom. The summed E-state index contributed by atoms with van der Waals surface area (Å²) in [5.74, 6) is 0.0939. The molecule has 0 saturated carbocycles. The summed E-state index contributed by atoms with van der Waals surface area (Å²) < 4.78 is 4.87. The number of hydrogen-bond acceptors (Lipinski definition) is 3. The van der Waals surface area contributed by atoms with Crippen molar-refractivity contribution in [3.63, 3.8) is 0 Å². The standard InChI is InChI=1S/C14H26N2O2/c1-18-12-11-16-14(17)8-10-15-9-7-13-5-3-2-4-6-13/h5,15H,2-4,6-12H2,1H3,(H,16,17). The molecule has 0 aromatic carbocycles. The SMILES string of the molecule is COCCNC(=O)CCNCCC1=CCCCC1. The van der Waals surface area contributed by atoms with Gasteiger partial charge >= 0.3 is 0 Å². The summed E-state index contributed by atoms with van der Waals surface area (Å²) in [6.07, 6.45) is 9.25. The lowest BCUT2D eigenvalue weighted by Gasteiger charge is -2.12. The molecule has 0 fully saturated rings. The summed E-state index contributed by atoms with van der Waals surface area (Å²) in [5, 5.41) is 6.13. The van der Waals surface area contributed by atoms with Crippen LogP contribution in [0.3, 0.4) is 0 Å².